The molecule has 1 aliphatic heterocycles. The minimum atomic E-state index is -0.309. The van der Waals surface area contributed by atoms with E-state index in [-0.39, 0.29) is 31.1 Å². The summed E-state index contributed by atoms with van der Waals surface area (Å²) in [6, 6.07) is 12.5. The average Bonchev–Trinajstić information content (AvgIpc) is 3.09. The van der Waals surface area contributed by atoms with Crippen molar-refractivity contribution in [3.05, 3.63) is 53.1 Å². The van der Waals surface area contributed by atoms with E-state index in [1.165, 1.54) is 0 Å². The first-order chi connectivity index (χ1) is 12.5. The molecule has 2 aromatic carbocycles. The predicted molar refractivity (Wildman–Crippen MR) is 98.5 cm³/mol. The minimum absolute atomic E-state index is 0.0990. The van der Waals surface area contributed by atoms with Gasteiger partial charge in [0.1, 0.15) is 0 Å². The number of rotatable bonds is 6. The fourth-order valence-electron chi connectivity index (χ4n) is 2.59. The number of hydrogen-bond acceptors (Lipinski definition) is 4. The van der Waals surface area contributed by atoms with Gasteiger partial charge in [0.25, 0.3) is 0 Å². The van der Waals surface area contributed by atoms with Crippen LogP contribution in [-0.2, 0) is 16.0 Å². The first-order valence-electron chi connectivity index (χ1n) is 8.23. The van der Waals surface area contributed by atoms with Crippen molar-refractivity contribution in [3.63, 3.8) is 0 Å². The Morgan fingerprint density at radius 1 is 1.12 bits per heavy atom. The molecular formula is C19H19ClN2O4. The second kappa shape index (κ2) is 8.10. The predicted octanol–water partition coefficient (Wildman–Crippen LogP) is 3.00. The SMILES string of the molecule is CC(Cc1ccc(Cl)cc1)C(=O)NCC(=O)Nc1ccc2c(c1)OCO2. The van der Waals surface area contributed by atoms with Crippen molar-refractivity contribution < 1.29 is 19.1 Å². The van der Waals surface area contributed by atoms with Gasteiger partial charge in [-0.3, -0.25) is 9.59 Å². The van der Waals surface area contributed by atoms with Gasteiger partial charge < -0.3 is 20.1 Å². The van der Waals surface area contributed by atoms with E-state index in [1.54, 1.807) is 30.3 Å². The molecule has 2 amide bonds. The smallest absolute Gasteiger partial charge is 0.243 e. The second-order valence-electron chi connectivity index (χ2n) is 6.07. The van der Waals surface area contributed by atoms with E-state index in [0.29, 0.717) is 28.6 Å². The molecule has 2 aromatic rings. The van der Waals surface area contributed by atoms with Crippen LogP contribution in [0.15, 0.2) is 42.5 Å². The number of fused-ring (bicyclic) bond motifs is 1. The molecule has 0 aliphatic carbocycles. The second-order valence-corrected chi connectivity index (χ2v) is 6.50. The minimum Gasteiger partial charge on any atom is -0.454 e. The number of hydrogen-bond donors (Lipinski definition) is 2. The monoisotopic (exact) mass is 374 g/mol. The van der Waals surface area contributed by atoms with E-state index in [9.17, 15) is 9.59 Å². The first-order valence-corrected chi connectivity index (χ1v) is 8.61. The molecule has 3 rings (SSSR count). The lowest BCUT2D eigenvalue weighted by Crippen LogP contribution is -2.36. The van der Waals surface area contributed by atoms with E-state index >= 15 is 0 Å². The first kappa shape index (κ1) is 18.1. The van der Waals surface area contributed by atoms with Gasteiger partial charge in [0.05, 0.1) is 6.54 Å². The largest absolute Gasteiger partial charge is 0.454 e. The van der Waals surface area contributed by atoms with E-state index in [0.717, 1.165) is 5.56 Å². The standard InChI is InChI=1S/C19H19ClN2O4/c1-12(8-13-2-4-14(20)5-3-13)19(24)21-10-18(23)22-15-6-7-16-17(9-15)26-11-25-16/h2-7,9,12H,8,10-11H2,1H3,(H,21,24)(H,22,23). The molecular weight excluding hydrogens is 356 g/mol. The summed E-state index contributed by atoms with van der Waals surface area (Å²) < 4.78 is 10.5. The van der Waals surface area contributed by atoms with E-state index in [4.69, 9.17) is 21.1 Å². The van der Waals surface area contributed by atoms with Crippen molar-refractivity contribution in [3.8, 4) is 11.5 Å². The lowest BCUT2D eigenvalue weighted by Gasteiger charge is -2.12. The van der Waals surface area contributed by atoms with Crippen LogP contribution < -0.4 is 20.1 Å². The van der Waals surface area contributed by atoms with Crippen molar-refractivity contribution in [1.29, 1.82) is 0 Å². The summed E-state index contributed by atoms with van der Waals surface area (Å²) in [5.41, 5.74) is 1.60. The molecule has 1 heterocycles. The lowest BCUT2D eigenvalue weighted by atomic mass is 10.0. The highest BCUT2D eigenvalue weighted by molar-refractivity contribution is 6.30. The van der Waals surface area contributed by atoms with E-state index in [1.807, 2.05) is 19.1 Å². The number of carbonyl (C=O) groups is 2. The number of amides is 2. The van der Waals surface area contributed by atoms with Crippen molar-refractivity contribution >= 4 is 29.1 Å². The molecule has 1 aliphatic rings. The van der Waals surface area contributed by atoms with Crippen LogP contribution in [0.3, 0.4) is 0 Å². The Kier molecular flexibility index (Phi) is 5.63. The Bertz CT molecular complexity index is 808. The van der Waals surface area contributed by atoms with Crippen LogP contribution >= 0.6 is 11.6 Å². The number of nitrogens with one attached hydrogen (secondary N) is 2. The molecule has 0 radical (unpaired) electrons. The summed E-state index contributed by atoms with van der Waals surface area (Å²) in [5.74, 6) is 0.488. The maximum atomic E-state index is 12.2. The Morgan fingerprint density at radius 2 is 1.85 bits per heavy atom. The maximum Gasteiger partial charge on any atom is 0.243 e. The van der Waals surface area contributed by atoms with Crippen molar-refractivity contribution in [2.75, 3.05) is 18.7 Å². The van der Waals surface area contributed by atoms with E-state index in [2.05, 4.69) is 10.6 Å². The lowest BCUT2D eigenvalue weighted by molar-refractivity contribution is -0.126. The molecule has 0 saturated heterocycles. The third kappa shape index (κ3) is 4.67. The Balaban J connectivity index is 1.46. The molecule has 2 N–H and O–H groups in total. The van der Waals surface area contributed by atoms with Crippen LogP contribution in [0.2, 0.25) is 5.02 Å². The fourth-order valence-corrected chi connectivity index (χ4v) is 2.71. The molecule has 7 heteroatoms. The highest BCUT2D eigenvalue weighted by Gasteiger charge is 2.16. The highest BCUT2D eigenvalue weighted by atomic mass is 35.5. The van der Waals surface area contributed by atoms with Crippen LogP contribution in [0.1, 0.15) is 12.5 Å². The zero-order valence-corrected chi connectivity index (χ0v) is 15.0. The van der Waals surface area contributed by atoms with Crippen LogP contribution in [-0.4, -0.2) is 25.2 Å². The van der Waals surface area contributed by atoms with Crippen LogP contribution in [0.5, 0.6) is 11.5 Å². The molecule has 1 atom stereocenters. The van der Waals surface area contributed by atoms with Gasteiger partial charge in [-0.15, -0.1) is 0 Å². The third-order valence-corrected chi connectivity index (χ3v) is 4.23. The Hall–Kier alpha value is -2.73. The van der Waals surface area contributed by atoms with Crippen molar-refractivity contribution in [1.82, 2.24) is 5.32 Å². The van der Waals surface area contributed by atoms with Gasteiger partial charge in [-0.2, -0.15) is 0 Å². The molecule has 0 spiro atoms. The maximum absolute atomic E-state index is 12.2. The van der Waals surface area contributed by atoms with Crippen LogP contribution in [0, 0.1) is 5.92 Å². The molecule has 0 saturated carbocycles. The van der Waals surface area contributed by atoms with Gasteiger partial charge >= 0.3 is 0 Å². The van der Waals surface area contributed by atoms with Gasteiger partial charge in [0.2, 0.25) is 18.6 Å². The summed E-state index contributed by atoms with van der Waals surface area (Å²) >= 11 is 5.85. The van der Waals surface area contributed by atoms with Gasteiger partial charge in [-0.05, 0) is 36.2 Å². The normalized spacial score (nSPS) is 13.2. The van der Waals surface area contributed by atoms with Gasteiger partial charge in [-0.1, -0.05) is 30.7 Å². The number of benzene rings is 2. The van der Waals surface area contributed by atoms with Crippen molar-refractivity contribution in [2.45, 2.75) is 13.3 Å². The molecule has 26 heavy (non-hydrogen) atoms. The molecule has 0 bridgehead atoms. The van der Waals surface area contributed by atoms with Crippen LogP contribution in [0.4, 0.5) is 5.69 Å². The molecule has 0 aromatic heterocycles. The molecule has 6 nitrogen and oxygen atoms in total. The number of carbonyl (C=O) groups excluding carboxylic acids is 2. The van der Waals surface area contributed by atoms with Crippen molar-refractivity contribution in [2.24, 2.45) is 5.92 Å². The molecule has 0 fully saturated rings. The molecule has 136 valence electrons. The zero-order chi connectivity index (χ0) is 18.5. The topological polar surface area (TPSA) is 76.7 Å². The highest BCUT2D eigenvalue weighted by Crippen LogP contribution is 2.34. The summed E-state index contributed by atoms with van der Waals surface area (Å²) in [6.45, 7) is 1.90. The zero-order valence-electron chi connectivity index (χ0n) is 14.3. The van der Waals surface area contributed by atoms with Crippen LogP contribution in [0.25, 0.3) is 0 Å². The Morgan fingerprint density at radius 3 is 2.62 bits per heavy atom. The fraction of sp³-hybridized carbons (Fsp3) is 0.263. The third-order valence-electron chi connectivity index (χ3n) is 3.98. The van der Waals surface area contributed by atoms with Gasteiger partial charge in [0.15, 0.2) is 11.5 Å². The average molecular weight is 375 g/mol. The van der Waals surface area contributed by atoms with Gasteiger partial charge in [0, 0.05) is 22.7 Å². The summed E-state index contributed by atoms with van der Waals surface area (Å²) in [4.78, 5) is 24.2. The number of ether oxygens (including phenoxy) is 2. The summed E-state index contributed by atoms with van der Waals surface area (Å²) in [7, 11) is 0. The molecule has 1 unspecified atom stereocenters. The van der Waals surface area contributed by atoms with E-state index < -0.39 is 0 Å². The van der Waals surface area contributed by atoms with Gasteiger partial charge in [-0.25, -0.2) is 0 Å². The Labute approximate surface area is 156 Å². The number of halogens is 1. The number of anilines is 1. The quantitative estimate of drug-likeness (QED) is 0.814. The summed E-state index contributed by atoms with van der Waals surface area (Å²) in [6.07, 6.45) is 0.576. The summed E-state index contributed by atoms with van der Waals surface area (Å²) in [5, 5.41) is 6.03.